The van der Waals surface area contributed by atoms with E-state index in [0.29, 0.717) is 27.0 Å². The van der Waals surface area contributed by atoms with Gasteiger partial charge in [0, 0.05) is 11.1 Å². The van der Waals surface area contributed by atoms with Crippen LogP contribution in [0.3, 0.4) is 0 Å². The van der Waals surface area contributed by atoms with E-state index < -0.39 is 0 Å². The average Bonchev–Trinajstić information content (AvgIpc) is 3.39. The third-order valence-electron chi connectivity index (χ3n) is 5.38. The standard InChI is InChI=1S/C25H18ClNO5S/c1-30-19-8-6-17(7-9-19)16-4-2-15(3-5-16)10-23-24(28)27(25(29)33-23)13-18-11-21-22(12-20(18)26)32-14-31-21/h2-12H,13-14H2,1H3. The highest BCUT2D eigenvalue weighted by Crippen LogP contribution is 2.39. The van der Waals surface area contributed by atoms with E-state index in [1.165, 1.54) is 4.90 Å². The second kappa shape index (κ2) is 8.84. The van der Waals surface area contributed by atoms with Crippen LogP contribution in [0.5, 0.6) is 17.2 Å². The van der Waals surface area contributed by atoms with Gasteiger partial charge in [0.2, 0.25) is 6.79 Å². The second-order valence-electron chi connectivity index (χ2n) is 7.42. The van der Waals surface area contributed by atoms with E-state index in [2.05, 4.69) is 0 Å². The fraction of sp³-hybridized carbons (Fsp3) is 0.120. The molecule has 0 unspecified atom stereocenters. The second-order valence-corrected chi connectivity index (χ2v) is 8.82. The molecule has 0 radical (unpaired) electrons. The predicted molar refractivity (Wildman–Crippen MR) is 128 cm³/mol. The van der Waals surface area contributed by atoms with Gasteiger partial charge in [-0.25, -0.2) is 0 Å². The smallest absolute Gasteiger partial charge is 0.293 e. The number of methoxy groups -OCH3 is 1. The molecule has 33 heavy (non-hydrogen) atoms. The van der Waals surface area contributed by atoms with Crippen molar-refractivity contribution in [3.8, 4) is 28.4 Å². The number of nitrogens with zero attached hydrogens (tertiary/aromatic N) is 1. The fourth-order valence-corrected chi connectivity index (χ4v) is 4.65. The maximum Gasteiger partial charge on any atom is 0.293 e. The zero-order valence-corrected chi connectivity index (χ0v) is 19.1. The monoisotopic (exact) mass is 479 g/mol. The van der Waals surface area contributed by atoms with Crippen LogP contribution in [0, 0.1) is 0 Å². The lowest BCUT2D eigenvalue weighted by Crippen LogP contribution is -2.27. The molecule has 2 aliphatic heterocycles. The number of fused-ring (bicyclic) bond motifs is 1. The van der Waals surface area contributed by atoms with Gasteiger partial charge in [-0.2, -0.15) is 0 Å². The number of thioether (sulfide) groups is 1. The Bertz CT molecular complexity index is 1270. The summed E-state index contributed by atoms with van der Waals surface area (Å²) in [6.45, 7) is 0.185. The molecule has 0 atom stereocenters. The number of amides is 2. The van der Waals surface area contributed by atoms with Crippen molar-refractivity contribution >= 4 is 40.6 Å². The largest absolute Gasteiger partial charge is 0.497 e. The number of carbonyl (C=O) groups is 2. The average molecular weight is 480 g/mol. The Hall–Kier alpha value is -3.42. The fourth-order valence-electron chi connectivity index (χ4n) is 3.59. The zero-order valence-electron chi connectivity index (χ0n) is 17.5. The highest BCUT2D eigenvalue weighted by Gasteiger charge is 2.35. The summed E-state index contributed by atoms with van der Waals surface area (Å²) in [6, 6.07) is 18.9. The summed E-state index contributed by atoms with van der Waals surface area (Å²) in [4.78, 5) is 27.0. The maximum absolute atomic E-state index is 12.9. The topological polar surface area (TPSA) is 65.1 Å². The van der Waals surface area contributed by atoms with Gasteiger partial charge in [0.25, 0.3) is 11.1 Å². The van der Waals surface area contributed by atoms with Crippen molar-refractivity contribution in [1.82, 2.24) is 4.90 Å². The van der Waals surface area contributed by atoms with E-state index in [1.807, 2.05) is 48.5 Å². The number of benzene rings is 3. The molecule has 2 aliphatic rings. The Morgan fingerprint density at radius 3 is 2.30 bits per heavy atom. The lowest BCUT2D eigenvalue weighted by molar-refractivity contribution is -0.123. The van der Waals surface area contributed by atoms with Gasteiger partial charge in [0.05, 0.1) is 18.6 Å². The number of halogens is 1. The Labute approximate surface area is 199 Å². The van der Waals surface area contributed by atoms with Gasteiger partial charge in [-0.15, -0.1) is 0 Å². The molecule has 8 heteroatoms. The Morgan fingerprint density at radius 1 is 1.00 bits per heavy atom. The van der Waals surface area contributed by atoms with Gasteiger partial charge in [0.1, 0.15) is 5.75 Å². The predicted octanol–water partition coefficient (Wildman–Crippen LogP) is 5.98. The van der Waals surface area contributed by atoms with Crippen LogP contribution in [-0.4, -0.2) is 29.9 Å². The highest BCUT2D eigenvalue weighted by atomic mass is 35.5. The minimum Gasteiger partial charge on any atom is -0.497 e. The van der Waals surface area contributed by atoms with Gasteiger partial charge in [-0.3, -0.25) is 14.5 Å². The first-order valence-electron chi connectivity index (χ1n) is 10.1. The minimum absolute atomic E-state index is 0.0634. The lowest BCUT2D eigenvalue weighted by atomic mass is 10.0. The van der Waals surface area contributed by atoms with Gasteiger partial charge >= 0.3 is 0 Å². The lowest BCUT2D eigenvalue weighted by Gasteiger charge is -2.14. The Kier molecular flexibility index (Phi) is 5.74. The molecular formula is C25H18ClNO5S. The van der Waals surface area contributed by atoms with Crippen LogP contribution >= 0.6 is 23.4 Å². The quantitative estimate of drug-likeness (QED) is 0.419. The minimum atomic E-state index is -0.349. The maximum atomic E-state index is 12.9. The van der Waals surface area contributed by atoms with Crippen LogP contribution in [0.1, 0.15) is 11.1 Å². The first-order chi connectivity index (χ1) is 16.0. The molecule has 166 valence electrons. The van der Waals surface area contributed by atoms with E-state index in [0.717, 1.165) is 34.2 Å². The van der Waals surface area contributed by atoms with Gasteiger partial charge in [-0.1, -0.05) is 48.0 Å². The molecule has 1 fully saturated rings. The van der Waals surface area contributed by atoms with Crippen LogP contribution in [0.4, 0.5) is 4.79 Å². The summed E-state index contributed by atoms with van der Waals surface area (Å²) in [6.07, 6.45) is 1.73. The number of rotatable bonds is 5. The highest BCUT2D eigenvalue weighted by molar-refractivity contribution is 8.18. The van der Waals surface area contributed by atoms with E-state index in [4.69, 9.17) is 25.8 Å². The summed E-state index contributed by atoms with van der Waals surface area (Å²) in [7, 11) is 1.63. The number of imide groups is 1. The van der Waals surface area contributed by atoms with Crippen molar-refractivity contribution in [3.05, 3.63) is 81.7 Å². The van der Waals surface area contributed by atoms with Crippen molar-refractivity contribution in [3.63, 3.8) is 0 Å². The molecule has 5 rings (SSSR count). The van der Waals surface area contributed by atoms with Crippen molar-refractivity contribution in [1.29, 1.82) is 0 Å². The first kappa shape index (κ1) is 21.4. The Balaban J connectivity index is 1.32. The molecular weight excluding hydrogens is 462 g/mol. The summed E-state index contributed by atoms with van der Waals surface area (Å²) in [5, 5.41) is 0.0752. The third kappa shape index (κ3) is 4.29. The molecule has 0 N–H and O–H groups in total. The molecule has 3 aromatic rings. The molecule has 2 amide bonds. The molecule has 0 spiro atoms. The van der Waals surface area contributed by atoms with E-state index in [-0.39, 0.29) is 24.5 Å². The summed E-state index contributed by atoms with van der Waals surface area (Å²) < 4.78 is 15.9. The Morgan fingerprint density at radius 2 is 1.64 bits per heavy atom. The molecule has 2 heterocycles. The first-order valence-corrected chi connectivity index (χ1v) is 11.3. The normalized spacial score (nSPS) is 16.1. The van der Waals surface area contributed by atoms with Crippen LogP contribution in [-0.2, 0) is 11.3 Å². The number of carbonyl (C=O) groups excluding carboxylic acids is 2. The molecule has 6 nitrogen and oxygen atoms in total. The molecule has 0 bridgehead atoms. The molecule has 0 saturated carbocycles. The number of hydrogen-bond donors (Lipinski definition) is 0. The van der Waals surface area contributed by atoms with E-state index in [9.17, 15) is 9.59 Å². The van der Waals surface area contributed by atoms with Crippen LogP contribution in [0.25, 0.3) is 17.2 Å². The third-order valence-corrected chi connectivity index (χ3v) is 6.63. The summed E-state index contributed by atoms with van der Waals surface area (Å²) in [5.41, 5.74) is 3.55. The molecule has 0 aliphatic carbocycles. The van der Waals surface area contributed by atoms with Crippen molar-refractivity contribution in [2.24, 2.45) is 0 Å². The molecule has 1 saturated heterocycles. The number of ether oxygens (including phenoxy) is 3. The molecule has 0 aromatic heterocycles. The molecule has 3 aromatic carbocycles. The summed E-state index contributed by atoms with van der Waals surface area (Å²) >= 11 is 7.23. The van der Waals surface area contributed by atoms with Gasteiger partial charge < -0.3 is 14.2 Å². The van der Waals surface area contributed by atoms with Crippen molar-refractivity contribution in [2.45, 2.75) is 6.54 Å². The zero-order chi connectivity index (χ0) is 22.9. The number of hydrogen-bond acceptors (Lipinski definition) is 6. The SMILES string of the molecule is COc1ccc(-c2ccc(C=C3SC(=O)N(Cc4cc5c(cc4Cl)OCO5)C3=O)cc2)cc1. The van der Waals surface area contributed by atoms with Crippen LogP contribution in [0.2, 0.25) is 5.02 Å². The van der Waals surface area contributed by atoms with Crippen molar-refractivity contribution < 1.29 is 23.8 Å². The van der Waals surface area contributed by atoms with E-state index >= 15 is 0 Å². The van der Waals surface area contributed by atoms with Gasteiger partial charge in [0.15, 0.2) is 11.5 Å². The summed E-state index contributed by atoms with van der Waals surface area (Å²) in [5.74, 6) is 1.55. The van der Waals surface area contributed by atoms with Crippen LogP contribution in [0.15, 0.2) is 65.6 Å². The van der Waals surface area contributed by atoms with Crippen LogP contribution < -0.4 is 14.2 Å². The van der Waals surface area contributed by atoms with E-state index in [1.54, 1.807) is 25.3 Å². The van der Waals surface area contributed by atoms with Gasteiger partial charge in [-0.05, 0) is 58.3 Å². The van der Waals surface area contributed by atoms with Crippen molar-refractivity contribution in [2.75, 3.05) is 13.9 Å².